The second kappa shape index (κ2) is 4.93. The number of halogens is 1. The molecule has 0 radical (unpaired) electrons. The molecule has 15 heavy (non-hydrogen) atoms. The maximum absolute atomic E-state index is 13.3. The predicted molar refractivity (Wildman–Crippen MR) is 58.0 cm³/mol. The summed E-state index contributed by atoms with van der Waals surface area (Å²) in [6.45, 7) is 0. The lowest BCUT2D eigenvalue weighted by atomic mass is 10.2. The molecule has 0 amide bonds. The number of methoxy groups -OCH3 is 1. The maximum atomic E-state index is 13.3. The van der Waals surface area contributed by atoms with Crippen molar-refractivity contribution in [2.75, 3.05) is 21.2 Å². The van der Waals surface area contributed by atoms with Gasteiger partial charge in [0.2, 0.25) is 0 Å². The molecule has 0 bridgehead atoms. The summed E-state index contributed by atoms with van der Waals surface area (Å²) in [6.07, 6.45) is 1.54. The average Bonchev–Trinajstić information content (AvgIpc) is 2.59. The van der Waals surface area contributed by atoms with E-state index in [0.717, 1.165) is 0 Å². The highest BCUT2D eigenvalue weighted by atomic mass is 32.1. The van der Waals surface area contributed by atoms with Crippen LogP contribution < -0.4 is 0 Å². The molecular weight excluding hydrogens is 217 g/mol. The first-order valence-electron chi connectivity index (χ1n) is 4.26. The molecule has 1 heterocycles. The van der Waals surface area contributed by atoms with E-state index in [1.807, 2.05) is 0 Å². The Kier molecular flexibility index (Phi) is 3.85. The van der Waals surface area contributed by atoms with Gasteiger partial charge in [0, 0.05) is 20.3 Å². The third kappa shape index (κ3) is 2.79. The van der Waals surface area contributed by atoms with Gasteiger partial charge in [0.1, 0.15) is 5.82 Å². The van der Waals surface area contributed by atoms with E-state index in [1.165, 1.54) is 24.5 Å². The Morgan fingerprint density at radius 3 is 2.67 bits per heavy atom. The summed E-state index contributed by atoms with van der Waals surface area (Å²) >= 11 is 1.17. The molecule has 1 aromatic heterocycles. The molecule has 0 aromatic carbocycles. The van der Waals surface area contributed by atoms with Crippen molar-refractivity contribution in [2.24, 2.45) is 0 Å². The zero-order valence-electron chi connectivity index (χ0n) is 8.78. The zero-order chi connectivity index (χ0) is 11.4. The number of carbonyl (C=O) groups excluding carboxylic acids is 1. The topological polar surface area (TPSA) is 29.5 Å². The van der Waals surface area contributed by atoms with Crippen molar-refractivity contribution >= 4 is 22.9 Å². The molecule has 1 aromatic rings. The van der Waals surface area contributed by atoms with Crippen LogP contribution in [-0.4, -0.2) is 32.1 Å². The highest BCUT2D eigenvalue weighted by molar-refractivity contribution is 7.11. The zero-order valence-corrected chi connectivity index (χ0v) is 9.60. The minimum atomic E-state index is -0.537. The van der Waals surface area contributed by atoms with Crippen LogP contribution in [0.3, 0.4) is 0 Å². The van der Waals surface area contributed by atoms with E-state index in [4.69, 9.17) is 0 Å². The fourth-order valence-corrected chi connectivity index (χ4v) is 1.83. The molecule has 82 valence electrons. The van der Waals surface area contributed by atoms with Crippen LogP contribution in [0.15, 0.2) is 17.6 Å². The number of esters is 1. The molecule has 0 spiro atoms. The summed E-state index contributed by atoms with van der Waals surface area (Å²) < 4.78 is 17.9. The largest absolute Gasteiger partial charge is 0.465 e. The Morgan fingerprint density at radius 2 is 2.27 bits per heavy atom. The molecule has 0 aliphatic heterocycles. The quantitative estimate of drug-likeness (QED) is 0.586. The first-order chi connectivity index (χ1) is 7.06. The van der Waals surface area contributed by atoms with Crippen LogP contribution in [0.4, 0.5) is 4.39 Å². The average molecular weight is 229 g/mol. The van der Waals surface area contributed by atoms with Crippen LogP contribution in [0.5, 0.6) is 0 Å². The Hall–Kier alpha value is -1.36. The van der Waals surface area contributed by atoms with Crippen molar-refractivity contribution in [2.45, 2.75) is 0 Å². The molecule has 0 fully saturated rings. The Labute approximate surface area is 91.8 Å². The lowest BCUT2D eigenvalue weighted by molar-refractivity contribution is -0.133. The summed E-state index contributed by atoms with van der Waals surface area (Å²) in [5.74, 6) is -0.941. The minimum absolute atomic E-state index is 0.231. The summed E-state index contributed by atoms with van der Waals surface area (Å²) in [7, 11) is 4.79. The van der Waals surface area contributed by atoms with E-state index in [0.29, 0.717) is 4.88 Å². The second-order valence-electron chi connectivity index (χ2n) is 3.10. The summed E-state index contributed by atoms with van der Waals surface area (Å²) in [5, 5.41) is 1.59. The number of ether oxygens (including phenoxy) is 1. The lowest BCUT2D eigenvalue weighted by Gasteiger charge is -2.09. The van der Waals surface area contributed by atoms with E-state index in [-0.39, 0.29) is 5.57 Å². The fourth-order valence-electron chi connectivity index (χ4n) is 1.06. The molecule has 0 N–H and O–H groups in total. The van der Waals surface area contributed by atoms with Gasteiger partial charge in [-0.15, -0.1) is 11.3 Å². The summed E-state index contributed by atoms with van der Waals surface area (Å²) in [5.41, 5.74) is 0.231. The van der Waals surface area contributed by atoms with Crippen LogP contribution in [0.2, 0.25) is 0 Å². The minimum Gasteiger partial charge on any atom is -0.465 e. The van der Waals surface area contributed by atoms with Gasteiger partial charge < -0.3 is 9.64 Å². The molecule has 0 aliphatic carbocycles. The van der Waals surface area contributed by atoms with Crippen molar-refractivity contribution in [1.82, 2.24) is 4.90 Å². The maximum Gasteiger partial charge on any atom is 0.340 e. The second-order valence-corrected chi connectivity index (χ2v) is 4.01. The predicted octanol–water partition coefficient (Wildman–Crippen LogP) is 1.96. The molecule has 0 saturated heterocycles. The number of nitrogens with zero attached hydrogens (tertiary/aromatic N) is 1. The van der Waals surface area contributed by atoms with E-state index in [2.05, 4.69) is 4.74 Å². The molecule has 0 aliphatic rings. The van der Waals surface area contributed by atoms with Crippen LogP contribution >= 0.6 is 11.3 Å². The third-order valence-corrected chi connectivity index (χ3v) is 2.58. The smallest absolute Gasteiger partial charge is 0.340 e. The molecule has 0 unspecified atom stereocenters. The first kappa shape index (κ1) is 11.7. The monoisotopic (exact) mass is 229 g/mol. The SMILES string of the molecule is COC(=O)/C(=C\N(C)C)c1sccc1F. The Balaban J connectivity index is 3.13. The third-order valence-electron chi connectivity index (χ3n) is 1.65. The summed E-state index contributed by atoms with van der Waals surface area (Å²) in [6, 6.07) is 1.33. The number of carbonyl (C=O) groups is 1. The van der Waals surface area contributed by atoms with Crippen LogP contribution in [-0.2, 0) is 9.53 Å². The number of hydrogen-bond acceptors (Lipinski definition) is 4. The number of hydrogen-bond donors (Lipinski definition) is 0. The van der Waals surface area contributed by atoms with Gasteiger partial charge in [-0.3, -0.25) is 0 Å². The van der Waals surface area contributed by atoms with Gasteiger partial charge in [-0.2, -0.15) is 0 Å². The van der Waals surface area contributed by atoms with Gasteiger partial charge in [0.15, 0.2) is 0 Å². The van der Waals surface area contributed by atoms with Gasteiger partial charge in [-0.1, -0.05) is 0 Å². The fraction of sp³-hybridized carbons (Fsp3) is 0.300. The van der Waals surface area contributed by atoms with Crippen molar-refractivity contribution in [3.8, 4) is 0 Å². The molecule has 5 heteroatoms. The van der Waals surface area contributed by atoms with Gasteiger partial charge >= 0.3 is 5.97 Å². The van der Waals surface area contributed by atoms with Crippen molar-refractivity contribution in [1.29, 1.82) is 0 Å². The lowest BCUT2D eigenvalue weighted by Crippen LogP contribution is -2.10. The van der Waals surface area contributed by atoms with Crippen LogP contribution in [0.1, 0.15) is 4.88 Å². The highest BCUT2D eigenvalue weighted by Crippen LogP contribution is 2.25. The van der Waals surface area contributed by atoms with Gasteiger partial charge in [-0.05, 0) is 11.4 Å². The van der Waals surface area contributed by atoms with Crippen molar-refractivity contribution < 1.29 is 13.9 Å². The van der Waals surface area contributed by atoms with E-state index in [1.54, 1.807) is 30.6 Å². The molecule has 3 nitrogen and oxygen atoms in total. The van der Waals surface area contributed by atoms with Gasteiger partial charge in [0.25, 0.3) is 0 Å². The van der Waals surface area contributed by atoms with Gasteiger partial charge in [-0.25, -0.2) is 9.18 Å². The van der Waals surface area contributed by atoms with E-state index < -0.39 is 11.8 Å². The van der Waals surface area contributed by atoms with Crippen molar-refractivity contribution in [3.05, 3.63) is 28.3 Å². The molecule has 0 atom stereocenters. The van der Waals surface area contributed by atoms with Crippen LogP contribution in [0.25, 0.3) is 5.57 Å². The number of rotatable bonds is 3. The standard InChI is InChI=1S/C10H12FNO2S/c1-12(2)6-7(10(13)14-3)9-8(11)4-5-15-9/h4-6H,1-3H3/b7-6-. The highest BCUT2D eigenvalue weighted by Gasteiger charge is 2.18. The van der Waals surface area contributed by atoms with Crippen LogP contribution in [0, 0.1) is 5.82 Å². The Bertz CT molecular complexity index is 385. The Morgan fingerprint density at radius 1 is 1.60 bits per heavy atom. The van der Waals surface area contributed by atoms with E-state index in [9.17, 15) is 9.18 Å². The van der Waals surface area contributed by atoms with Gasteiger partial charge in [0.05, 0.1) is 17.6 Å². The molecule has 0 saturated carbocycles. The molecular formula is C10H12FNO2S. The molecule has 1 rings (SSSR count). The summed E-state index contributed by atoms with van der Waals surface area (Å²) in [4.78, 5) is 13.4. The number of thiophene rings is 1. The van der Waals surface area contributed by atoms with E-state index >= 15 is 0 Å². The van der Waals surface area contributed by atoms with Crippen molar-refractivity contribution in [3.63, 3.8) is 0 Å². The first-order valence-corrected chi connectivity index (χ1v) is 5.14. The normalized spacial score (nSPS) is 11.3.